The first kappa shape index (κ1) is 17.5. The van der Waals surface area contributed by atoms with Crippen LogP contribution in [0, 0.1) is 5.92 Å². The fraction of sp³-hybridized carbons (Fsp3) is 0.462. The minimum absolute atomic E-state index is 0.0698. The molecule has 1 saturated heterocycles. The molecule has 1 aliphatic heterocycles. The van der Waals surface area contributed by atoms with Crippen molar-refractivity contribution in [1.29, 1.82) is 0 Å². The van der Waals surface area contributed by atoms with Gasteiger partial charge in [-0.1, -0.05) is 12.1 Å². The summed E-state index contributed by atoms with van der Waals surface area (Å²) >= 11 is 0. The number of carbonyl (C=O) groups is 1. The van der Waals surface area contributed by atoms with Gasteiger partial charge in [0, 0.05) is 13.1 Å². The molecule has 1 N–H and O–H groups in total. The zero-order chi connectivity index (χ0) is 17.3. The van der Waals surface area contributed by atoms with Crippen molar-refractivity contribution < 1.29 is 36.2 Å². The Morgan fingerprint density at radius 1 is 1.22 bits per heavy atom. The Bertz CT molecular complexity index is 681. The zero-order valence-corrected chi connectivity index (χ0v) is 12.6. The van der Waals surface area contributed by atoms with Gasteiger partial charge in [0.1, 0.15) is 10.6 Å². The number of carboxylic acid groups (broad SMARTS) is 1. The maximum Gasteiger partial charge on any atom is 0.573 e. The molecule has 1 aliphatic rings. The molecule has 0 amide bonds. The zero-order valence-electron chi connectivity index (χ0n) is 11.8. The van der Waals surface area contributed by atoms with Gasteiger partial charge in [-0.2, -0.15) is 4.31 Å². The van der Waals surface area contributed by atoms with E-state index in [0.29, 0.717) is 0 Å². The van der Waals surface area contributed by atoms with Crippen LogP contribution in [0.1, 0.15) is 12.8 Å². The number of aliphatic carboxylic acids is 1. The largest absolute Gasteiger partial charge is 0.573 e. The van der Waals surface area contributed by atoms with Gasteiger partial charge >= 0.3 is 12.3 Å². The van der Waals surface area contributed by atoms with Crippen LogP contribution in [-0.2, 0) is 14.8 Å². The molecule has 0 aliphatic carbocycles. The fourth-order valence-electron chi connectivity index (χ4n) is 2.35. The summed E-state index contributed by atoms with van der Waals surface area (Å²) in [6.45, 7) is -0.140. The molecule has 2 rings (SSSR count). The van der Waals surface area contributed by atoms with Gasteiger partial charge in [-0.3, -0.25) is 4.79 Å². The van der Waals surface area contributed by atoms with Crippen molar-refractivity contribution in [2.24, 2.45) is 5.92 Å². The number of hydrogen-bond acceptors (Lipinski definition) is 4. The average Bonchev–Trinajstić information content (AvgIpc) is 2.46. The Balaban J connectivity index is 2.26. The monoisotopic (exact) mass is 353 g/mol. The van der Waals surface area contributed by atoms with Crippen molar-refractivity contribution in [3.05, 3.63) is 24.3 Å². The van der Waals surface area contributed by atoms with Crippen LogP contribution in [0.25, 0.3) is 0 Å². The normalized spacial score (nSPS) is 17.9. The van der Waals surface area contributed by atoms with Gasteiger partial charge in [-0.15, -0.1) is 13.2 Å². The molecule has 1 heterocycles. The highest BCUT2D eigenvalue weighted by Gasteiger charge is 2.37. The number of rotatable bonds is 4. The van der Waals surface area contributed by atoms with Crippen LogP contribution in [0.2, 0.25) is 0 Å². The van der Waals surface area contributed by atoms with E-state index in [9.17, 15) is 26.4 Å². The number of carboxylic acids is 1. The summed E-state index contributed by atoms with van der Waals surface area (Å²) in [6.07, 6.45) is -4.80. The van der Waals surface area contributed by atoms with E-state index < -0.39 is 38.9 Å². The van der Waals surface area contributed by atoms with Crippen LogP contribution in [-0.4, -0.2) is 43.3 Å². The number of sulfonamides is 1. The van der Waals surface area contributed by atoms with E-state index >= 15 is 0 Å². The topological polar surface area (TPSA) is 83.9 Å². The summed E-state index contributed by atoms with van der Waals surface area (Å²) in [5, 5.41) is 8.90. The number of hydrogen-bond donors (Lipinski definition) is 1. The second kappa shape index (κ2) is 6.36. The SMILES string of the molecule is O=C(O)C1CCN(S(=O)(=O)c2ccccc2OC(F)(F)F)CC1. The summed E-state index contributed by atoms with van der Waals surface area (Å²) in [5.41, 5.74) is 0. The van der Waals surface area contributed by atoms with Crippen molar-refractivity contribution in [3.8, 4) is 5.75 Å². The van der Waals surface area contributed by atoms with Crippen molar-refractivity contribution >= 4 is 16.0 Å². The number of piperidine rings is 1. The Labute approximate surface area is 130 Å². The standard InChI is InChI=1S/C13H14F3NO5S/c14-13(15,16)22-10-3-1-2-4-11(10)23(20,21)17-7-5-9(6-8-17)12(18)19/h1-4,9H,5-8H2,(H,18,19). The molecule has 0 saturated carbocycles. The number of halogens is 3. The molecule has 6 nitrogen and oxygen atoms in total. The third-order valence-electron chi connectivity index (χ3n) is 3.50. The van der Waals surface area contributed by atoms with Crippen LogP contribution in [0.3, 0.4) is 0 Å². The summed E-state index contributed by atoms with van der Waals surface area (Å²) in [5.74, 6) is -2.47. The Kier molecular flexibility index (Phi) is 4.85. The number of para-hydroxylation sites is 1. The molecular weight excluding hydrogens is 339 g/mol. The lowest BCUT2D eigenvalue weighted by atomic mass is 9.99. The van der Waals surface area contributed by atoms with Crippen LogP contribution in [0.15, 0.2) is 29.2 Å². The quantitative estimate of drug-likeness (QED) is 0.896. The molecule has 0 atom stereocenters. The molecule has 0 radical (unpaired) electrons. The van der Waals surface area contributed by atoms with Gasteiger partial charge in [0.2, 0.25) is 10.0 Å². The van der Waals surface area contributed by atoms with Gasteiger partial charge in [-0.25, -0.2) is 8.42 Å². The van der Waals surface area contributed by atoms with E-state index in [4.69, 9.17) is 5.11 Å². The molecule has 0 unspecified atom stereocenters. The van der Waals surface area contributed by atoms with E-state index in [-0.39, 0.29) is 25.9 Å². The fourth-order valence-corrected chi connectivity index (χ4v) is 3.94. The first-order chi connectivity index (χ1) is 10.6. The molecule has 1 aromatic carbocycles. The third kappa shape index (κ3) is 4.14. The average molecular weight is 353 g/mol. The lowest BCUT2D eigenvalue weighted by Crippen LogP contribution is -2.40. The molecule has 1 fully saturated rings. The van der Waals surface area contributed by atoms with E-state index in [1.54, 1.807) is 0 Å². The second-order valence-electron chi connectivity index (χ2n) is 5.01. The van der Waals surface area contributed by atoms with Crippen molar-refractivity contribution in [2.75, 3.05) is 13.1 Å². The number of ether oxygens (including phenoxy) is 1. The molecule has 1 aromatic rings. The first-order valence-electron chi connectivity index (χ1n) is 6.69. The minimum atomic E-state index is -5.01. The van der Waals surface area contributed by atoms with Crippen LogP contribution in [0.5, 0.6) is 5.75 Å². The van der Waals surface area contributed by atoms with Crippen molar-refractivity contribution in [3.63, 3.8) is 0 Å². The van der Waals surface area contributed by atoms with E-state index in [0.717, 1.165) is 16.4 Å². The highest BCUT2D eigenvalue weighted by Crippen LogP contribution is 2.32. The maximum absolute atomic E-state index is 12.5. The molecule has 0 bridgehead atoms. The Morgan fingerprint density at radius 2 is 1.78 bits per heavy atom. The first-order valence-corrected chi connectivity index (χ1v) is 8.13. The van der Waals surface area contributed by atoms with Crippen LogP contribution < -0.4 is 4.74 Å². The number of alkyl halides is 3. The molecule has 0 aromatic heterocycles. The van der Waals surface area contributed by atoms with E-state index in [1.807, 2.05) is 0 Å². The third-order valence-corrected chi connectivity index (χ3v) is 5.43. The highest BCUT2D eigenvalue weighted by molar-refractivity contribution is 7.89. The highest BCUT2D eigenvalue weighted by atomic mass is 32.2. The molecule has 128 valence electrons. The predicted molar refractivity (Wildman–Crippen MR) is 72.2 cm³/mol. The van der Waals surface area contributed by atoms with Crippen LogP contribution >= 0.6 is 0 Å². The summed E-state index contributed by atoms with van der Waals surface area (Å²) < 4.78 is 66.9. The Hall–Kier alpha value is -1.81. The van der Waals surface area contributed by atoms with E-state index in [1.165, 1.54) is 12.1 Å². The molecule has 0 spiro atoms. The van der Waals surface area contributed by atoms with Crippen LogP contribution in [0.4, 0.5) is 13.2 Å². The van der Waals surface area contributed by atoms with Gasteiger partial charge < -0.3 is 9.84 Å². The lowest BCUT2D eigenvalue weighted by Gasteiger charge is -2.29. The van der Waals surface area contributed by atoms with Gasteiger partial charge in [-0.05, 0) is 25.0 Å². The molecule has 10 heteroatoms. The number of nitrogens with zero attached hydrogens (tertiary/aromatic N) is 1. The van der Waals surface area contributed by atoms with Gasteiger partial charge in [0.05, 0.1) is 5.92 Å². The molecule has 23 heavy (non-hydrogen) atoms. The summed E-state index contributed by atoms with van der Waals surface area (Å²) in [6, 6.07) is 4.47. The molecular formula is C13H14F3NO5S. The predicted octanol–water partition coefficient (Wildman–Crippen LogP) is 2.07. The second-order valence-corrected chi connectivity index (χ2v) is 6.92. The smallest absolute Gasteiger partial charge is 0.481 e. The summed E-state index contributed by atoms with van der Waals surface area (Å²) in [7, 11) is -4.20. The number of benzene rings is 1. The van der Waals surface area contributed by atoms with Gasteiger partial charge in [0.25, 0.3) is 0 Å². The maximum atomic E-state index is 12.5. The van der Waals surface area contributed by atoms with Crippen molar-refractivity contribution in [2.45, 2.75) is 24.1 Å². The minimum Gasteiger partial charge on any atom is -0.481 e. The Morgan fingerprint density at radius 3 is 2.30 bits per heavy atom. The summed E-state index contributed by atoms with van der Waals surface area (Å²) in [4.78, 5) is 10.3. The van der Waals surface area contributed by atoms with E-state index in [2.05, 4.69) is 4.74 Å². The van der Waals surface area contributed by atoms with Gasteiger partial charge in [0.15, 0.2) is 0 Å². The lowest BCUT2D eigenvalue weighted by molar-refractivity contribution is -0.275. The van der Waals surface area contributed by atoms with Crippen molar-refractivity contribution in [1.82, 2.24) is 4.31 Å².